The number of aromatic nitrogens is 1. The summed E-state index contributed by atoms with van der Waals surface area (Å²) in [6.45, 7) is 2.37. The van der Waals surface area contributed by atoms with E-state index in [4.69, 9.17) is 4.98 Å². The lowest BCUT2D eigenvalue weighted by Crippen LogP contribution is -2.62. The number of amides is 1. The fraction of sp³-hybridized carbons (Fsp3) is 0.400. The zero-order valence-electron chi connectivity index (χ0n) is 20.2. The van der Waals surface area contributed by atoms with E-state index in [1.165, 1.54) is 18.1 Å². The predicted molar refractivity (Wildman–Crippen MR) is 135 cm³/mol. The standard InChI is InChI=1S/C30H32FN3O/c1-30-19-25-26(17-20-9-3-2-4-10-20)34(28(30)16-8-15-27(30)33-25)29(35)24-14-7-12-22(32-24)18-21-11-5-6-13-23(21)31/h2-7,9-14,25-28,33H,8,15-19H2,1H3/t25-,26+,27-,28+,30-/m0/s1. The van der Waals surface area contributed by atoms with Gasteiger partial charge in [-0.25, -0.2) is 9.37 Å². The molecule has 2 aromatic carbocycles. The Kier molecular flexibility index (Phi) is 5.68. The number of nitrogens with zero attached hydrogens (tertiary/aromatic N) is 2. The van der Waals surface area contributed by atoms with E-state index in [1.54, 1.807) is 12.1 Å². The van der Waals surface area contributed by atoms with Gasteiger partial charge in [-0.05, 0) is 61.4 Å². The van der Waals surface area contributed by atoms with Crippen molar-refractivity contribution in [3.8, 4) is 0 Å². The van der Waals surface area contributed by atoms with Crippen LogP contribution in [0.15, 0.2) is 72.8 Å². The van der Waals surface area contributed by atoms with Crippen molar-refractivity contribution < 1.29 is 9.18 Å². The first-order chi connectivity index (χ1) is 17.0. The number of benzene rings is 2. The van der Waals surface area contributed by atoms with Gasteiger partial charge in [0.2, 0.25) is 0 Å². The van der Waals surface area contributed by atoms with Crippen molar-refractivity contribution in [1.82, 2.24) is 15.2 Å². The van der Waals surface area contributed by atoms with Crippen LogP contribution in [0.5, 0.6) is 0 Å². The van der Waals surface area contributed by atoms with Gasteiger partial charge in [0.25, 0.3) is 5.91 Å². The topological polar surface area (TPSA) is 45.2 Å². The summed E-state index contributed by atoms with van der Waals surface area (Å²) in [4.78, 5) is 21.1. The molecule has 1 saturated carbocycles. The molecule has 1 amide bonds. The van der Waals surface area contributed by atoms with E-state index in [9.17, 15) is 9.18 Å². The van der Waals surface area contributed by atoms with Gasteiger partial charge in [-0.3, -0.25) is 4.79 Å². The molecule has 3 aromatic rings. The number of carbonyl (C=O) groups is 1. The summed E-state index contributed by atoms with van der Waals surface area (Å²) >= 11 is 0. The van der Waals surface area contributed by atoms with Crippen LogP contribution in [-0.2, 0) is 12.8 Å². The molecule has 0 unspecified atom stereocenters. The Morgan fingerprint density at radius 1 is 1.06 bits per heavy atom. The van der Waals surface area contributed by atoms with Crippen molar-refractivity contribution in [2.75, 3.05) is 0 Å². The van der Waals surface area contributed by atoms with E-state index in [0.717, 1.165) is 25.7 Å². The summed E-state index contributed by atoms with van der Waals surface area (Å²) in [6.07, 6.45) is 5.66. The highest BCUT2D eigenvalue weighted by Crippen LogP contribution is 2.52. The van der Waals surface area contributed by atoms with Crippen molar-refractivity contribution >= 4 is 5.91 Å². The Balaban J connectivity index is 1.35. The minimum Gasteiger partial charge on any atom is -0.329 e. The number of rotatable bonds is 5. The summed E-state index contributed by atoms with van der Waals surface area (Å²) in [6, 6.07) is 23.9. The highest BCUT2D eigenvalue weighted by Gasteiger charge is 2.60. The van der Waals surface area contributed by atoms with Gasteiger partial charge in [0, 0.05) is 35.7 Å². The second-order valence-electron chi connectivity index (χ2n) is 10.7. The van der Waals surface area contributed by atoms with Crippen LogP contribution in [0.25, 0.3) is 0 Å². The van der Waals surface area contributed by atoms with Crippen LogP contribution < -0.4 is 5.32 Å². The van der Waals surface area contributed by atoms with Crippen molar-refractivity contribution in [1.29, 1.82) is 0 Å². The number of pyridine rings is 1. The third-order valence-electron chi connectivity index (χ3n) is 8.64. The fourth-order valence-corrected chi connectivity index (χ4v) is 6.93. The van der Waals surface area contributed by atoms with E-state index in [0.29, 0.717) is 29.4 Å². The van der Waals surface area contributed by atoms with E-state index in [-0.39, 0.29) is 35.3 Å². The van der Waals surface area contributed by atoms with Crippen LogP contribution in [0, 0.1) is 11.2 Å². The summed E-state index contributed by atoms with van der Waals surface area (Å²) in [7, 11) is 0. The molecule has 5 heteroatoms. The first kappa shape index (κ1) is 22.4. The lowest BCUT2D eigenvalue weighted by Gasteiger charge is -2.53. The molecule has 5 atom stereocenters. The molecule has 180 valence electrons. The Morgan fingerprint density at radius 3 is 2.69 bits per heavy atom. The third kappa shape index (κ3) is 3.96. The fourth-order valence-electron chi connectivity index (χ4n) is 6.93. The normalized spacial score (nSPS) is 29.3. The van der Waals surface area contributed by atoms with Crippen LogP contribution in [-0.4, -0.2) is 40.0 Å². The number of fused-ring (bicyclic) bond motifs is 1. The maximum atomic E-state index is 14.2. The first-order valence-electron chi connectivity index (χ1n) is 12.8. The molecule has 0 radical (unpaired) electrons. The molecule has 3 aliphatic rings. The lowest BCUT2D eigenvalue weighted by atomic mass is 9.64. The maximum Gasteiger partial charge on any atom is 0.273 e. The summed E-state index contributed by atoms with van der Waals surface area (Å²) in [5, 5.41) is 3.93. The van der Waals surface area contributed by atoms with Crippen molar-refractivity contribution in [2.45, 2.75) is 69.6 Å². The van der Waals surface area contributed by atoms with Gasteiger partial charge >= 0.3 is 0 Å². The monoisotopic (exact) mass is 469 g/mol. The number of hydrogen-bond donors (Lipinski definition) is 1. The number of nitrogens with one attached hydrogen (secondary N) is 1. The van der Waals surface area contributed by atoms with Gasteiger partial charge in [0.05, 0.1) is 6.04 Å². The second-order valence-corrected chi connectivity index (χ2v) is 10.7. The third-order valence-corrected chi connectivity index (χ3v) is 8.64. The molecule has 4 nitrogen and oxygen atoms in total. The average molecular weight is 470 g/mol. The SMILES string of the molecule is C[C@]12C[C@@H]3N[C@H]1CCC[C@H]2N(C(=O)c1cccc(Cc2ccccc2F)n1)[C@@H]3Cc1ccccc1. The van der Waals surface area contributed by atoms with E-state index in [2.05, 4.69) is 41.4 Å². The molecular formula is C30H32FN3O. The smallest absolute Gasteiger partial charge is 0.273 e. The van der Waals surface area contributed by atoms with Crippen LogP contribution in [0.2, 0.25) is 0 Å². The summed E-state index contributed by atoms with van der Waals surface area (Å²) < 4.78 is 14.2. The minimum atomic E-state index is -0.242. The van der Waals surface area contributed by atoms with Gasteiger partial charge in [-0.2, -0.15) is 0 Å². The molecule has 6 rings (SSSR count). The van der Waals surface area contributed by atoms with Gasteiger partial charge in [0.1, 0.15) is 11.5 Å². The van der Waals surface area contributed by atoms with E-state index in [1.807, 2.05) is 30.3 Å². The first-order valence-corrected chi connectivity index (χ1v) is 12.8. The molecule has 0 spiro atoms. The summed E-state index contributed by atoms with van der Waals surface area (Å²) in [5.41, 5.74) is 3.12. The number of hydrogen-bond acceptors (Lipinski definition) is 3. The van der Waals surface area contributed by atoms with Gasteiger partial charge in [0.15, 0.2) is 0 Å². The number of piperidine rings is 1. The Hall–Kier alpha value is -3.05. The van der Waals surface area contributed by atoms with E-state index >= 15 is 0 Å². The van der Waals surface area contributed by atoms with Gasteiger partial charge < -0.3 is 10.2 Å². The predicted octanol–water partition coefficient (Wildman–Crippen LogP) is 5.17. The number of carbonyl (C=O) groups excluding carboxylic acids is 1. The van der Waals surface area contributed by atoms with Crippen LogP contribution in [0.1, 0.15) is 59.9 Å². The van der Waals surface area contributed by atoms with E-state index < -0.39 is 0 Å². The van der Waals surface area contributed by atoms with Gasteiger partial charge in [-0.15, -0.1) is 0 Å². The van der Waals surface area contributed by atoms with Crippen molar-refractivity contribution in [3.05, 3.63) is 101 Å². The molecule has 3 fully saturated rings. The Morgan fingerprint density at radius 2 is 1.86 bits per heavy atom. The zero-order chi connectivity index (χ0) is 24.0. The molecule has 2 saturated heterocycles. The quantitative estimate of drug-likeness (QED) is 0.561. The van der Waals surface area contributed by atoms with Crippen molar-refractivity contribution in [3.63, 3.8) is 0 Å². The largest absolute Gasteiger partial charge is 0.329 e. The molecule has 1 aromatic heterocycles. The Labute approximate surface area is 206 Å². The molecular weight excluding hydrogens is 437 g/mol. The summed E-state index contributed by atoms with van der Waals surface area (Å²) in [5.74, 6) is -0.236. The highest BCUT2D eigenvalue weighted by atomic mass is 19.1. The lowest BCUT2D eigenvalue weighted by molar-refractivity contribution is -0.0115. The minimum absolute atomic E-state index is 0.00610. The molecule has 1 N–H and O–H groups in total. The molecule has 2 bridgehead atoms. The highest BCUT2D eigenvalue weighted by molar-refractivity contribution is 5.93. The maximum absolute atomic E-state index is 14.2. The molecule has 2 aliphatic heterocycles. The van der Waals surface area contributed by atoms with Crippen LogP contribution >= 0.6 is 0 Å². The molecule has 1 aliphatic carbocycles. The number of halogens is 1. The zero-order valence-corrected chi connectivity index (χ0v) is 20.2. The molecule has 35 heavy (non-hydrogen) atoms. The van der Waals surface area contributed by atoms with Gasteiger partial charge in [-0.1, -0.05) is 61.5 Å². The number of likely N-dealkylation sites (tertiary alicyclic amines) is 1. The van der Waals surface area contributed by atoms with Crippen LogP contribution in [0.4, 0.5) is 4.39 Å². The second kappa shape index (κ2) is 8.87. The van der Waals surface area contributed by atoms with Crippen LogP contribution in [0.3, 0.4) is 0 Å². The van der Waals surface area contributed by atoms with Crippen molar-refractivity contribution in [2.24, 2.45) is 5.41 Å². The average Bonchev–Trinajstić information content (AvgIpc) is 3.22. The Bertz CT molecular complexity index is 1230. The molecule has 3 heterocycles.